The van der Waals surface area contributed by atoms with Crippen LogP contribution in [-0.2, 0) is 11.3 Å². The van der Waals surface area contributed by atoms with E-state index in [0.717, 1.165) is 0 Å². The lowest BCUT2D eigenvalue weighted by atomic mass is 10.2. The van der Waals surface area contributed by atoms with Crippen LogP contribution < -0.4 is 5.32 Å². The first-order valence-electron chi connectivity index (χ1n) is 3.96. The maximum Gasteiger partial charge on any atom is 0.446 e. The summed E-state index contributed by atoms with van der Waals surface area (Å²) in [6, 6.07) is 5.88. The average Bonchev–Trinajstić information content (AvgIpc) is 2.12. The Morgan fingerprint density at radius 2 is 2.13 bits per heavy atom. The molecule has 1 amide bonds. The number of hydrogen-bond donors (Lipinski definition) is 1. The molecule has 15 heavy (non-hydrogen) atoms. The molecule has 0 spiro atoms. The third-order valence-electron chi connectivity index (χ3n) is 1.50. The first kappa shape index (κ1) is 11.9. The van der Waals surface area contributed by atoms with Gasteiger partial charge < -0.3 is 5.32 Å². The smallest absolute Gasteiger partial charge is 0.344 e. The Kier molecular flexibility index (Phi) is 4.02. The molecule has 1 rings (SSSR count). The summed E-state index contributed by atoms with van der Waals surface area (Å²) in [6.07, 6.45) is 1.45. The Morgan fingerprint density at radius 1 is 1.40 bits per heavy atom. The molecule has 0 saturated heterocycles. The van der Waals surface area contributed by atoms with E-state index in [9.17, 15) is 18.0 Å². The predicted octanol–water partition coefficient (Wildman–Crippen LogP) is 2.46. The summed E-state index contributed by atoms with van der Waals surface area (Å²) < 4.78 is 36.0. The number of amides is 1. The molecule has 2 nitrogen and oxygen atoms in total. The molecule has 1 aromatic carbocycles. The third-order valence-corrected chi connectivity index (χ3v) is 2.22. The summed E-state index contributed by atoms with van der Waals surface area (Å²) in [7, 11) is 0. The number of nitrogens with one attached hydrogen (secondary N) is 1. The SMILES string of the molecule is O=[C]NCc1cccc(SC(F)(F)F)c1. The van der Waals surface area contributed by atoms with Crippen molar-refractivity contribution < 1.29 is 18.0 Å². The average molecular weight is 234 g/mol. The third kappa shape index (κ3) is 4.73. The van der Waals surface area contributed by atoms with Crippen molar-refractivity contribution in [3.63, 3.8) is 0 Å². The minimum atomic E-state index is -4.29. The summed E-state index contributed by atoms with van der Waals surface area (Å²) in [6.45, 7) is 0.176. The van der Waals surface area contributed by atoms with Gasteiger partial charge in [0.15, 0.2) is 0 Å². The number of hydrogen-bond acceptors (Lipinski definition) is 2. The van der Waals surface area contributed by atoms with E-state index in [-0.39, 0.29) is 23.2 Å². The molecule has 1 radical (unpaired) electrons. The predicted molar refractivity (Wildman–Crippen MR) is 50.9 cm³/mol. The summed E-state index contributed by atoms with van der Waals surface area (Å²) in [5.41, 5.74) is -3.68. The Morgan fingerprint density at radius 3 is 2.73 bits per heavy atom. The van der Waals surface area contributed by atoms with Gasteiger partial charge in [0.2, 0.25) is 0 Å². The zero-order valence-corrected chi connectivity index (χ0v) is 8.28. The maximum atomic E-state index is 12.0. The number of thioether (sulfide) groups is 1. The van der Waals surface area contributed by atoms with Crippen molar-refractivity contribution in [2.24, 2.45) is 0 Å². The highest BCUT2D eigenvalue weighted by Gasteiger charge is 2.29. The fraction of sp³-hybridized carbons (Fsp3) is 0.222. The minimum Gasteiger partial charge on any atom is -0.344 e. The summed E-state index contributed by atoms with van der Waals surface area (Å²) in [5, 5.41) is 2.26. The molecule has 0 saturated carbocycles. The Balaban J connectivity index is 2.69. The van der Waals surface area contributed by atoms with E-state index in [0.29, 0.717) is 5.56 Å². The Labute approximate surface area is 88.9 Å². The van der Waals surface area contributed by atoms with Crippen LogP contribution in [0.3, 0.4) is 0 Å². The number of halogens is 3. The van der Waals surface area contributed by atoms with Gasteiger partial charge in [0.1, 0.15) is 0 Å². The van der Waals surface area contributed by atoms with Crippen molar-refractivity contribution in [2.45, 2.75) is 16.9 Å². The second-order valence-electron chi connectivity index (χ2n) is 2.65. The molecule has 0 aromatic heterocycles. The molecule has 0 fully saturated rings. The van der Waals surface area contributed by atoms with Crippen molar-refractivity contribution in [3.05, 3.63) is 29.8 Å². The monoisotopic (exact) mass is 234 g/mol. The number of carbonyl (C=O) groups excluding carboxylic acids is 1. The van der Waals surface area contributed by atoms with E-state index < -0.39 is 5.51 Å². The van der Waals surface area contributed by atoms with Crippen molar-refractivity contribution in [1.29, 1.82) is 0 Å². The van der Waals surface area contributed by atoms with Crippen molar-refractivity contribution in [2.75, 3.05) is 0 Å². The molecule has 0 heterocycles. The van der Waals surface area contributed by atoms with Crippen molar-refractivity contribution in [3.8, 4) is 0 Å². The molecular weight excluding hydrogens is 227 g/mol. The van der Waals surface area contributed by atoms with E-state index in [1.807, 2.05) is 0 Å². The van der Waals surface area contributed by atoms with Crippen LogP contribution >= 0.6 is 11.8 Å². The first-order valence-corrected chi connectivity index (χ1v) is 4.77. The standard InChI is InChI=1S/C9H7F3NOS/c10-9(11,12)15-8-3-1-2-7(4-8)5-13-6-14/h1-4H,5H2,(H,13,14). The normalized spacial score (nSPS) is 11.1. The summed E-state index contributed by atoms with van der Waals surface area (Å²) in [5.74, 6) is 0. The second kappa shape index (κ2) is 5.06. The molecule has 0 aliphatic carbocycles. The molecule has 0 bridgehead atoms. The lowest BCUT2D eigenvalue weighted by molar-refractivity contribution is -0.0328. The molecule has 1 aromatic rings. The first-order chi connectivity index (χ1) is 7.01. The molecule has 6 heteroatoms. The van der Waals surface area contributed by atoms with Gasteiger partial charge in [-0.1, -0.05) is 12.1 Å². The van der Waals surface area contributed by atoms with Crippen LogP contribution in [0.4, 0.5) is 13.2 Å². The van der Waals surface area contributed by atoms with E-state index in [1.165, 1.54) is 24.6 Å². The van der Waals surface area contributed by atoms with Gasteiger partial charge in [-0.15, -0.1) is 0 Å². The highest BCUT2D eigenvalue weighted by atomic mass is 32.2. The van der Waals surface area contributed by atoms with Crippen LogP contribution in [0.25, 0.3) is 0 Å². The van der Waals surface area contributed by atoms with Gasteiger partial charge >= 0.3 is 11.9 Å². The van der Waals surface area contributed by atoms with Crippen LogP contribution in [0.2, 0.25) is 0 Å². The molecule has 0 aliphatic heterocycles. The number of rotatable bonds is 4. The fourth-order valence-electron chi connectivity index (χ4n) is 0.991. The zero-order valence-electron chi connectivity index (χ0n) is 7.47. The van der Waals surface area contributed by atoms with E-state index >= 15 is 0 Å². The van der Waals surface area contributed by atoms with E-state index in [4.69, 9.17) is 0 Å². The molecule has 0 atom stereocenters. The molecule has 1 N–H and O–H groups in total. The lowest BCUT2D eigenvalue weighted by Crippen LogP contribution is -2.09. The largest absolute Gasteiger partial charge is 0.446 e. The summed E-state index contributed by atoms with van der Waals surface area (Å²) >= 11 is -0.178. The Hall–Kier alpha value is -1.17. The van der Waals surface area contributed by atoms with Gasteiger partial charge in [0.05, 0.1) is 0 Å². The van der Waals surface area contributed by atoms with Crippen molar-refractivity contribution >= 4 is 18.2 Å². The molecular formula is C9H7F3NOS. The highest BCUT2D eigenvalue weighted by Crippen LogP contribution is 2.36. The molecule has 0 unspecified atom stereocenters. The molecule has 81 valence electrons. The fourth-order valence-corrected chi connectivity index (χ4v) is 1.61. The highest BCUT2D eigenvalue weighted by molar-refractivity contribution is 8.00. The topological polar surface area (TPSA) is 29.1 Å². The van der Waals surface area contributed by atoms with Gasteiger partial charge in [-0.05, 0) is 29.5 Å². The lowest BCUT2D eigenvalue weighted by Gasteiger charge is -2.06. The minimum absolute atomic E-state index is 0.104. The van der Waals surface area contributed by atoms with Crippen LogP contribution in [0.5, 0.6) is 0 Å². The van der Waals surface area contributed by atoms with E-state index in [1.54, 1.807) is 6.07 Å². The zero-order chi connectivity index (χ0) is 11.3. The Bertz CT molecular complexity index is 340. The quantitative estimate of drug-likeness (QED) is 0.640. The number of benzene rings is 1. The molecule has 0 aliphatic rings. The van der Waals surface area contributed by atoms with Crippen molar-refractivity contribution in [1.82, 2.24) is 5.32 Å². The summed E-state index contributed by atoms with van der Waals surface area (Å²) in [4.78, 5) is 9.97. The van der Waals surface area contributed by atoms with Crippen LogP contribution in [0.1, 0.15) is 5.56 Å². The van der Waals surface area contributed by atoms with Gasteiger partial charge in [0, 0.05) is 11.4 Å². The van der Waals surface area contributed by atoms with E-state index in [2.05, 4.69) is 5.32 Å². The van der Waals surface area contributed by atoms with Gasteiger partial charge in [-0.25, -0.2) is 0 Å². The van der Waals surface area contributed by atoms with Crippen LogP contribution in [0, 0.1) is 0 Å². The van der Waals surface area contributed by atoms with Crippen LogP contribution in [-0.4, -0.2) is 11.9 Å². The van der Waals surface area contributed by atoms with Gasteiger partial charge in [0.25, 0.3) is 0 Å². The van der Waals surface area contributed by atoms with Crippen LogP contribution in [0.15, 0.2) is 29.2 Å². The van der Waals surface area contributed by atoms with Gasteiger partial charge in [-0.2, -0.15) is 13.2 Å². The number of alkyl halides is 3. The van der Waals surface area contributed by atoms with Gasteiger partial charge in [-0.3, -0.25) is 4.79 Å². The maximum absolute atomic E-state index is 12.0. The second-order valence-corrected chi connectivity index (χ2v) is 3.79.